The number of hydrogen-bond acceptors (Lipinski definition) is 6. The van der Waals surface area contributed by atoms with Gasteiger partial charge in [0.1, 0.15) is 5.40 Å². The largest absolute Gasteiger partial charge is 0.208 e. The Morgan fingerprint density at radius 2 is 2.62 bits per heavy atom. The van der Waals surface area contributed by atoms with E-state index in [2.05, 4.69) is 14.8 Å². The number of rotatable bonds is 1. The number of nitrogens with zero attached hydrogens (tertiary/aromatic N) is 4. The van der Waals surface area contributed by atoms with Crippen molar-refractivity contribution in [2.45, 2.75) is 4.34 Å². The van der Waals surface area contributed by atoms with Gasteiger partial charge in [-0.15, -0.1) is 5.10 Å². The van der Waals surface area contributed by atoms with Crippen molar-refractivity contribution in [2.75, 3.05) is 0 Å². The first-order valence-electron chi connectivity index (χ1n) is 1.64. The highest BCUT2D eigenvalue weighted by Gasteiger charge is 1.94. The zero-order valence-electron chi connectivity index (χ0n) is 3.61. The van der Waals surface area contributed by atoms with E-state index in [1.54, 1.807) is 0 Å². The molecule has 0 radical (unpaired) electrons. The third kappa shape index (κ3) is 1.15. The monoisotopic (exact) mass is 144 g/mol. The van der Waals surface area contributed by atoms with Crippen molar-refractivity contribution in [3.8, 4) is 5.40 Å². The SMILES string of the molecule is N#CSc1nnns1. The van der Waals surface area contributed by atoms with Crippen molar-refractivity contribution in [2.24, 2.45) is 0 Å². The molecule has 0 saturated carbocycles. The molecule has 40 valence electrons. The van der Waals surface area contributed by atoms with E-state index in [0.29, 0.717) is 4.34 Å². The van der Waals surface area contributed by atoms with Crippen LogP contribution >= 0.6 is 23.3 Å². The molecule has 0 aromatic carbocycles. The van der Waals surface area contributed by atoms with Gasteiger partial charge in [0.25, 0.3) is 0 Å². The highest BCUT2D eigenvalue weighted by molar-refractivity contribution is 8.05. The third-order valence-electron chi connectivity index (χ3n) is 0.415. The first kappa shape index (κ1) is 5.47. The van der Waals surface area contributed by atoms with E-state index in [4.69, 9.17) is 5.26 Å². The third-order valence-corrected chi connectivity index (χ3v) is 1.63. The van der Waals surface area contributed by atoms with E-state index in [9.17, 15) is 0 Å². The van der Waals surface area contributed by atoms with Gasteiger partial charge < -0.3 is 0 Å². The summed E-state index contributed by atoms with van der Waals surface area (Å²) in [5.41, 5.74) is 0. The summed E-state index contributed by atoms with van der Waals surface area (Å²) >= 11 is 2.09. The normalized spacial score (nSPS) is 8.38. The minimum atomic E-state index is 0.590. The zero-order valence-corrected chi connectivity index (χ0v) is 5.24. The number of hydrogen-bond donors (Lipinski definition) is 0. The highest BCUT2D eigenvalue weighted by atomic mass is 32.2. The lowest BCUT2D eigenvalue weighted by atomic mass is 11.6. The second kappa shape index (κ2) is 2.59. The molecule has 0 aliphatic rings. The van der Waals surface area contributed by atoms with Gasteiger partial charge in [0.2, 0.25) is 4.34 Å². The van der Waals surface area contributed by atoms with Crippen LogP contribution in [0, 0.1) is 10.7 Å². The molecule has 0 bridgehead atoms. The Hall–Kier alpha value is -0.670. The molecule has 0 saturated heterocycles. The van der Waals surface area contributed by atoms with Gasteiger partial charge in [-0.05, 0) is 5.21 Å². The van der Waals surface area contributed by atoms with Gasteiger partial charge in [0.05, 0.1) is 0 Å². The maximum Gasteiger partial charge on any atom is 0.208 e. The van der Waals surface area contributed by atoms with E-state index < -0.39 is 0 Å². The second-order valence-corrected chi connectivity index (χ2v) is 2.59. The van der Waals surface area contributed by atoms with Gasteiger partial charge in [0, 0.05) is 23.3 Å². The summed E-state index contributed by atoms with van der Waals surface area (Å²) in [5.74, 6) is 0. The summed E-state index contributed by atoms with van der Waals surface area (Å²) in [6, 6.07) is 0. The summed E-state index contributed by atoms with van der Waals surface area (Å²) in [6.07, 6.45) is 0. The molecule has 1 rings (SSSR count). The van der Waals surface area contributed by atoms with E-state index in [-0.39, 0.29) is 0 Å². The van der Waals surface area contributed by atoms with Crippen molar-refractivity contribution in [1.82, 2.24) is 14.8 Å². The smallest absolute Gasteiger partial charge is 0.185 e. The van der Waals surface area contributed by atoms with Crippen LogP contribution < -0.4 is 0 Å². The second-order valence-electron chi connectivity index (χ2n) is 0.822. The van der Waals surface area contributed by atoms with Crippen molar-refractivity contribution < 1.29 is 0 Å². The Bertz CT molecular complexity index is 186. The molecule has 1 heterocycles. The molecule has 4 nitrogen and oxygen atoms in total. The fourth-order valence-electron chi connectivity index (χ4n) is 0.204. The van der Waals surface area contributed by atoms with Gasteiger partial charge in [-0.2, -0.15) is 5.26 Å². The molecule has 0 fully saturated rings. The van der Waals surface area contributed by atoms with Crippen molar-refractivity contribution in [3.63, 3.8) is 0 Å². The minimum absolute atomic E-state index is 0.590. The van der Waals surface area contributed by atoms with Gasteiger partial charge in [0.15, 0.2) is 0 Å². The van der Waals surface area contributed by atoms with Crippen LogP contribution in [-0.2, 0) is 0 Å². The van der Waals surface area contributed by atoms with Crippen LogP contribution in [0.1, 0.15) is 0 Å². The Kier molecular flexibility index (Phi) is 1.77. The molecular formula is C2N4S2. The standard InChI is InChI=1S/C2N4S2/c3-1-7-2-4-5-6-8-2. The van der Waals surface area contributed by atoms with Crippen molar-refractivity contribution >= 4 is 23.3 Å². The van der Waals surface area contributed by atoms with Crippen molar-refractivity contribution in [3.05, 3.63) is 0 Å². The summed E-state index contributed by atoms with van der Waals surface area (Å²) in [4.78, 5) is 0. The molecule has 8 heavy (non-hydrogen) atoms. The van der Waals surface area contributed by atoms with Crippen LogP contribution in [0.5, 0.6) is 0 Å². The summed E-state index contributed by atoms with van der Waals surface area (Å²) in [6.45, 7) is 0. The van der Waals surface area contributed by atoms with Gasteiger partial charge in [-0.3, -0.25) is 0 Å². The van der Waals surface area contributed by atoms with Crippen LogP contribution in [0.25, 0.3) is 0 Å². The lowest BCUT2D eigenvalue weighted by molar-refractivity contribution is 0.915. The quantitative estimate of drug-likeness (QED) is 0.424. The Labute approximate surface area is 53.7 Å². The fourth-order valence-corrected chi connectivity index (χ4v) is 0.937. The number of thiocyanates is 1. The van der Waals surface area contributed by atoms with Crippen LogP contribution in [0.4, 0.5) is 0 Å². The summed E-state index contributed by atoms with van der Waals surface area (Å²) in [7, 11) is 0. The van der Waals surface area contributed by atoms with Crippen LogP contribution in [0.3, 0.4) is 0 Å². The molecular weight excluding hydrogens is 144 g/mol. The van der Waals surface area contributed by atoms with E-state index >= 15 is 0 Å². The lowest BCUT2D eigenvalue weighted by Crippen LogP contribution is -1.66. The Morgan fingerprint density at radius 3 is 3.12 bits per heavy atom. The van der Waals surface area contributed by atoms with Gasteiger partial charge in [-0.25, -0.2) is 0 Å². The molecule has 1 aromatic rings. The summed E-state index contributed by atoms with van der Waals surface area (Å²) < 4.78 is 4.04. The predicted octanol–water partition coefficient (Wildman–Crippen LogP) is 0.506. The number of thioether (sulfide) groups is 1. The van der Waals surface area contributed by atoms with E-state index in [1.807, 2.05) is 5.40 Å². The zero-order chi connectivity index (χ0) is 5.82. The highest BCUT2D eigenvalue weighted by Crippen LogP contribution is 2.14. The predicted molar refractivity (Wildman–Crippen MR) is 29.2 cm³/mol. The molecule has 0 aliphatic heterocycles. The fraction of sp³-hybridized carbons (Fsp3) is 0. The molecule has 0 aliphatic carbocycles. The van der Waals surface area contributed by atoms with E-state index in [0.717, 1.165) is 23.3 Å². The number of nitriles is 1. The molecule has 0 amide bonds. The summed E-state index contributed by atoms with van der Waals surface area (Å²) in [5, 5.41) is 16.7. The minimum Gasteiger partial charge on any atom is -0.185 e. The van der Waals surface area contributed by atoms with Crippen LogP contribution in [0.2, 0.25) is 0 Å². The average Bonchev–Trinajstić information content (AvgIpc) is 2.19. The van der Waals surface area contributed by atoms with Gasteiger partial charge >= 0.3 is 0 Å². The lowest BCUT2D eigenvalue weighted by Gasteiger charge is -1.69. The average molecular weight is 144 g/mol. The van der Waals surface area contributed by atoms with Gasteiger partial charge in [-0.1, -0.05) is 4.49 Å². The van der Waals surface area contributed by atoms with Crippen LogP contribution in [0.15, 0.2) is 4.34 Å². The maximum atomic E-state index is 8.06. The Morgan fingerprint density at radius 1 is 1.75 bits per heavy atom. The first-order valence-corrected chi connectivity index (χ1v) is 3.23. The topological polar surface area (TPSA) is 62.5 Å². The molecule has 0 N–H and O–H groups in total. The maximum absolute atomic E-state index is 8.06. The molecule has 0 spiro atoms. The Balaban J connectivity index is 2.67. The van der Waals surface area contributed by atoms with E-state index in [1.165, 1.54) is 0 Å². The molecule has 0 unspecified atom stereocenters. The molecule has 1 aromatic heterocycles. The number of aromatic nitrogens is 3. The first-order chi connectivity index (χ1) is 3.93. The van der Waals surface area contributed by atoms with Crippen molar-refractivity contribution in [1.29, 1.82) is 5.26 Å². The molecule has 6 heteroatoms. The van der Waals surface area contributed by atoms with Crippen LogP contribution in [-0.4, -0.2) is 14.8 Å². The molecule has 0 atom stereocenters.